The molecule has 20 heavy (non-hydrogen) atoms. The second kappa shape index (κ2) is 8.79. The lowest BCUT2D eigenvalue weighted by Crippen LogP contribution is -2.30. The van der Waals surface area contributed by atoms with Gasteiger partial charge < -0.3 is 20.7 Å². The molecule has 0 bridgehead atoms. The Kier molecular flexibility index (Phi) is 7.36. The van der Waals surface area contributed by atoms with E-state index in [2.05, 4.69) is 17.1 Å². The van der Waals surface area contributed by atoms with Gasteiger partial charge in [0.2, 0.25) is 5.91 Å². The number of nitrogens with zero attached hydrogens (tertiary/aromatic N) is 1. The van der Waals surface area contributed by atoms with Gasteiger partial charge in [0.25, 0.3) is 0 Å². The van der Waals surface area contributed by atoms with Crippen molar-refractivity contribution >= 4 is 28.9 Å². The molecule has 0 radical (unpaired) electrons. The number of anilines is 2. The first kappa shape index (κ1) is 16.8. The summed E-state index contributed by atoms with van der Waals surface area (Å²) in [6, 6.07) is 5.02. The Bertz CT molecular complexity index is 440. The van der Waals surface area contributed by atoms with Crippen molar-refractivity contribution in [2.24, 2.45) is 0 Å². The van der Waals surface area contributed by atoms with Gasteiger partial charge in [0, 0.05) is 31.6 Å². The Hall–Kier alpha value is -1.30. The lowest BCUT2D eigenvalue weighted by atomic mass is 10.2. The number of methoxy groups -OCH3 is 1. The van der Waals surface area contributed by atoms with Crippen molar-refractivity contribution in [3.63, 3.8) is 0 Å². The molecular weight excluding hydrogens is 278 g/mol. The number of likely N-dealkylation sites (N-methyl/N-ethyl adjacent to an activating group) is 1. The number of nitrogens with two attached hydrogens (primary N) is 1. The number of benzene rings is 1. The molecule has 0 atom stereocenters. The third-order valence-electron chi connectivity index (χ3n) is 3.00. The smallest absolute Gasteiger partial charge is 0.225 e. The molecule has 0 heterocycles. The van der Waals surface area contributed by atoms with E-state index in [1.165, 1.54) is 0 Å². The predicted molar refractivity (Wildman–Crippen MR) is 83.1 cm³/mol. The zero-order valence-corrected chi connectivity index (χ0v) is 12.7. The van der Waals surface area contributed by atoms with Crippen LogP contribution in [0.15, 0.2) is 18.2 Å². The molecule has 112 valence electrons. The van der Waals surface area contributed by atoms with Gasteiger partial charge in [-0.3, -0.25) is 4.79 Å². The molecule has 0 saturated carbocycles. The highest BCUT2D eigenvalue weighted by molar-refractivity contribution is 6.31. The molecule has 0 aliphatic carbocycles. The molecule has 0 aliphatic rings. The highest BCUT2D eigenvalue weighted by Gasteiger charge is 2.08. The van der Waals surface area contributed by atoms with Crippen LogP contribution in [0, 0.1) is 0 Å². The standard InChI is InChI=1S/C14H22ClN3O2/c1-3-18(8-9-20-2)7-6-14(19)17-13-5-4-11(15)10-12(13)16/h4-5,10H,3,6-9,16H2,1-2H3,(H,17,19). The van der Waals surface area contributed by atoms with Gasteiger partial charge in [-0.1, -0.05) is 18.5 Å². The summed E-state index contributed by atoms with van der Waals surface area (Å²) in [5.74, 6) is -0.0603. The summed E-state index contributed by atoms with van der Waals surface area (Å²) in [5.41, 5.74) is 6.86. The highest BCUT2D eigenvalue weighted by atomic mass is 35.5. The number of nitrogens with one attached hydrogen (secondary N) is 1. The van der Waals surface area contributed by atoms with Crippen LogP contribution >= 0.6 is 11.6 Å². The Morgan fingerprint density at radius 1 is 1.45 bits per heavy atom. The van der Waals surface area contributed by atoms with Crippen LogP contribution in [-0.2, 0) is 9.53 Å². The predicted octanol–water partition coefficient (Wildman–Crippen LogP) is 2.22. The molecule has 0 unspecified atom stereocenters. The van der Waals surface area contributed by atoms with Crippen molar-refractivity contribution in [2.75, 3.05) is 44.4 Å². The fraction of sp³-hybridized carbons (Fsp3) is 0.500. The molecule has 1 rings (SSSR count). The number of ether oxygens (including phenoxy) is 1. The monoisotopic (exact) mass is 299 g/mol. The molecule has 0 saturated heterocycles. The number of hydrogen-bond donors (Lipinski definition) is 2. The first-order chi connectivity index (χ1) is 9.56. The molecule has 1 amide bonds. The van der Waals surface area contributed by atoms with Crippen molar-refractivity contribution in [1.29, 1.82) is 0 Å². The van der Waals surface area contributed by atoms with Crippen molar-refractivity contribution in [3.05, 3.63) is 23.2 Å². The van der Waals surface area contributed by atoms with Crippen LogP contribution in [0.3, 0.4) is 0 Å². The van der Waals surface area contributed by atoms with Crippen LogP contribution in [0.1, 0.15) is 13.3 Å². The number of nitrogen functional groups attached to an aromatic ring is 1. The van der Waals surface area contributed by atoms with Crippen molar-refractivity contribution < 1.29 is 9.53 Å². The lowest BCUT2D eigenvalue weighted by molar-refractivity contribution is -0.116. The summed E-state index contributed by atoms with van der Waals surface area (Å²) in [5, 5.41) is 3.35. The quantitative estimate of drug-likeness (QED) is 0.722. The zero-order valence-electron chi connectivity index (χ0n) is 12.0. The van der Waals surface area contributed by atoms with E-state index in [-0.39, 0.29) is 5.91 Å². The van der Waals surface area contributed by atoms with E-state index in [9.17, 15) is 4.79 Å². The van der Waals surface area contributed by atoms with Crippen molar-refractivity contribution in [2.45, 2.75) is 13.3 Å². The highest BCUT2D eigenvalue weighted by Crippen LogP contribution is 2.22. The Morgan fingerprint density at radius 3 is 2.80 bits per heavy atom. The van der Waals surface area contributed by atoms with E-state index in [1.54, 1.807) is 25.3 Å². The number of hydrogen-bond acceptors (Lipinski definition) is 4. The topological polar surface area (TPSA) is 67.6 Å². The van der Waals surface area contributed by atoms with Crippen LogP contribution in [-0.4, -0.2) is 44.2 Å². The minimum atomic E-state index is -0.0603. The minimum absolute atomic E-state index is 0.0603. The molecular formula is C14H22ClN3O2. The Morgan fingerprint density at radius 2 is 2.20 bits per heavy atom. The third-order valence-corrected chi connectivity index (χ3v) is 3.24. The molecule has 0 aliphatic heterocycles. The summed E-state index contributed by atoms with van der Waals surface area (Å²) in [4.78, 5) is 14.0. The maximum absolute atomic E-state index is 11.9. The van der Waals surface area contributed by atoms with Crippen LogP contribution in [0.25, 0.3) is 0 Å². The third kappa shape index (κ3) is 5.77. The van der Waals surface area contributed by atoms with Crippen LogP contribution < -0.4 is 11.1 Å². The van der Waals surface area contributed by atoms with Gasteiger partial charge in [-0.25, -0.2) is 0 Å². The summed E-state index contributed by atoms with van der Waals surface area (Å²) in [6.45, 7) is 5.13. The number of halogens is 1. The van der Waals surface area contributed by atoms with Gasteiger partial charge >= 0.3 is 0 Å². The molecule has 0 aromatic heterocycles. The number of rotatable bonds is 8. The summed E-state index contributed by atoms with van der Waals surface area (Å²) in [6.07, 6.45) is 0.416. The zero-order chi connectivity index (χ0) is 15.0. The van der Waals surface area contributed by atoms with Gasteiger partial charge in [-0.2, -0.15) is 0 Å². The number of carbonyl (C=O) groups excluding carboxylic acids is 1. The maximum Gasteiger partial charge on any atom is 0.225 e. The van der Waals surface area contributed by atoms with E-state index in [0.717, 1.165) is 13.1 Å². The van der Waals surface area contributed by atoms with E-state index in [1.807, 2.05) is 0 Å². The van der Waals surface area contributed by atoms with Crippen LogP contribution in [0.5, 0.6) is 0 Å². The fourth-order valence-electron chi connectivity index (χ4n) is 1.77. The average Bonchev–Trinajstić information content (AvgIpc) is 2.42. The van der Waals surface area contributed by atoms with E-state index in [4.69, 9.17) is 22.1 Å². The molecule has 0 spiro atoms. The van der Waals surface area contributed by atoms with Crippen LogP contribution in [0.2, 0.25) is 5.02 Å². The van der Waals surface area contributed by atoms with Gasteiger partial charge in [-0.15, -0.1) is 0 Å². The first-order valence-corrected chi connectivity index (χ1v) is 7.00. The molecule has 1 aromatic carbocycles. The van der Waals surface area contributed by atoms with Gasteiger partial charge in [0.05, 0.1) is 18.0 Å². The normalized spacial score (nSPS) is 10.8. The molecule has 5 nitrogen and oxygen atoms in total. The van der Waals surface area contributed by atoms with Crippen molar-refractivity contribution in [1.82, 2.24) is 4.90 Å². The molecule has 1 aromatic rings. The SMILES string of the molecule is CCN(CCOC)CCC(=O)Nc1ccc(Cl)cc1N. The second-order valence-electron chi connectivity index (χ2n) is 4.46. The Balaban J connectivity index is 2.43. The fourth-order valence-corrected chi connectivity index (χ4v) is 1.95. The summed E-state index contributed by atoms with van der Waals surface area (Å²) >= 11 is 5.81. The summed E-state index contributed by atoms with van der Waals surface area (Å²) < 4.78 is 5.03. The Labute approximate surface area is 125 Å². The van der Waals surface area contributed by atoms with Gasteiger partial charge in [0.1, 0.15) is 0 Å². The minimum Gasteiger partial charge on any atom is -0.397 e. The molecule has 3 N–H and O–H groups in total. The largest absolute Gasteiger partial charge is 0.397 e. The first-order valence-electron chi connectivity index (χ1n) is 6.63. The second-order valence-corrected chi connectivity index (χ2v) is 4.89. The van der Waals surface area contributed by atoms with Crippen LogP contribution in [0.4, 0.5) is 11.4 Å². The van der Waals surface area contributed by atoms with Gasteiger partial charge in [-0.05, 0) is 24.7 Å². The number of amides is 1. The maximum atomic E-state index is 11.9. The van der Waals surface area contributed by atoms with E-state index < -0.39 is 0 Å². The lowest BCUT2D eigenvalue weighted by Gasteiger charge is -2.19. The molecule has 6 heteroatoms. The van der Waals surface area contributed by atoms with E-state index in [0.29, 0.717) is 36.0 Å². The molecule has 0 fully saturated rings. The van der Waals surface area contributed by atoms with Crippen molar-refractivity contribution in [3.8, 4) is 0 Å². The number of carbonyl (C=O) groups is 1. The van der Waals surface area contributed by atoms with Gasteiger partial charge in [0.15, 0.2) is 0 Å². The van der Waals surface area contributed by atoms with E-state index >= 15 is 0 Å². The summed E-state index contributed by atoms with van der Waals surface area (Å²) in [7, 11) is 1.67. The average molecular weight is 300 g/mol.